The molecule has 0 aromatic rings. The highest BCUT2D eigenvalue weighted by molar-refractivity contribution is 5.99. The van der Waals surface area contributed by atoms with E-state index in [9.17, 15) is 0 Å². The molecule has 0 bridgehead atoms. The minimum absolute atomic E-state index is 1.23. The van der Waals surface area contributed by atoms with Crippen LogP contribution in [0.1, 0.15) is 33.1 Å². The summed E-state index contributed by atoms with van der Waals surface area (Å²) in [4.78, 5) is 4.18. The minimum atomic E-state index is 1.23. The third kappa shape index (κ3) is 1.28. The Kier molecular flexibility index (Phi) is 2.25. The van der Waals surface area contributed by atoms with E-state index in [2.05, 4.69) is 18.8 Å². The van der Waals surface area contributed by atoms with E-state index in [1.807, 2.05) is 7.05 Å². The molecule has 1 heteroatoms. The van der Waals surface area contributed by atoms with Crippen LogP contribution in [-0.2, 0) is 0 Å². The lowest BCUT2D eigenvalue weighted by Gasteiger charge is -2.00. The third-order valence-corrected chi connectivity index (χ3v) is 2.27. The predicted molar refractivity (Wildman–Crippen MR) is 45.6 cm³/mol. The molecule has 0 aromatic heterocycles. The molecule has 0 aromatic carbocycles. The molecule has 56 valence electrons. The number of aliphatic imine (C=N–C) groups is 1. The molecule has 0 amide bonds. The fourth-order valence-electron chi connectivity index (χ4n) is 1.52. The molecule has 1 rings (SSSR count). The second-order valence-corrected chi connectivity index (χ2v) is 2.92. The second-order valence-electron chi connectivity index (χ2n) is 2.92. The van der Waals surface area contributed by atoms with Gasteiger partial charge in [0.25, 0.3) is 0 Å². The summed E-state index contributed by atoms with van der Waals surface area (Å²) >= 11 is 0. The highest BCUT2D eigenvalue weighted by Crippen LogP contribution is 2.26. The SMILES string of the molecule is C/N=C(/C)C1=C(C)CCC1. The van der Waals surface area contributed by atoms with E-state index >= 15 is 0 Å². The van der Waals surface area contributed by atoms with Crippen molar-refractivity contribution >= 4 is 5.71 Å². The van der Waals surface area contributed by atoms with Crippen molar-refractivity contribution in [2.45, 2.75) is 33.1 Å². The maximum Gasteiger partial charge on any atom is 0.0345 e. The molecule has 0 spiro atoms. The zero-order valence-electron chi connectivity index (χ0n) is 7.07. The van der Waals surface area contributed by atoms with E-state index in [0.717, 1.165) is 0 Å². The normalized spacial score (nSPS) is 20.5. The standard InChI is InChI=1S/C9H15N/c1-7-5-4-6-9(7)8(2)10-3/h4-6H2,1-3H3/b10-8-. The molecular weight excluding hydrogens is 122 g/mol. The first-order chi connectivity index (χ1) is 4.75. The van der Waals surface area contributed by atoms with Crippen LogP contribution in [0.25, 0.3) is 0 Å². The van der Waals surface area contributed by atoms with E-state index in [-0.39, 0.29) is 0 Å². The summed E-state index contributed by atoms with van der Waals surface area (Å²) in [7, 11) is 1.87. The largest absolute Gasteiger partial charge is 0.293 e. The Morgan fingerprint density at radius 1 is 1.40 bits per heavy atom. The monoisotopic (exact) mass is 137 g/mol. The molecule has 1 aliphatic carbocycles. The number of hydrogen-bond donors (Lipinski definition) is 0. The van der Waals surface area contributed by atoms with Crippen LogP contribution < -0.4 is 0 Å². The lowest BCUT2D eigenvalue weighted by Crippen LogP contribution is -1.95. The van der Waals surface area contributed by atoms with E-state index in [4.69, 9.17) is 0 Å². The Labute approximate surface area is 62.9 Å². The number of nitrogens with zero attached hydrogens (tertiary/aromatic N) is 1. The number of rotatable bonds is 1. The van der Waals surface area contributed by atoms with Crippen LogP contribution in [0.15, 0.2) is 16.1 Å². The summed E-state index contributed by atoms with van der Waals surface area (Å²) in [6, 6.07) is 0. The minimum Gasteiger partial charge on any atom is -0.293 e. The smallest absolute Gasteiger partial charge is 0.0345 e. The Morgan fingerprint density at radius 2 is 2.10 bits per heavy atom. The zero-order chi connectivity index (χ0) is 7.56. The summed E-state index contributed by atoms with van der Waals surface area (Å²) in [5.41, 5.74) is 4.28. The van der Waals surface area contributed by atoms with Gasteiger partial charge in [-0.3, -0.25) is 4.99 Å². The molecule has 0 radical (unpaired) electrons. The maximum atomic E-state index is 4.18. The Bertz CT molecular complexity index is 187. The van der Waals surface area contributed by atoms with Gasteiger partial charge < -0.3 is 0 Å². The Hall–Kier alpha value is -0.590. The molecular formula is C9H15N. The fraction of sp³-hybridized carbons (Fsp3) is 0.667. The number of allylic oxidation sites excluding steroid dienone is 2. The fourth-order valence-corrected chi connectivity index (χ4v) is 1.52. The molecule has 0 atom stereocenters. The summed E-state index contributed by atoms with van der Waals surface area (Å²) in [6.45, 7) is 4.32. The molecule has 0 fully saturated rings. The van der Waals surface area contributed by atoms with Gasteiger partial charge in [-0.1, -0.05) is 5.57 Å². The molecule has 0 unspecified atom stereocenters. The Morgan fingerprint density at radius 3 is 2.50 bits per heavy atom. The van der Waals surface area contributed by atoms with Crippen LogP contribution in [0.3, 0.4) is 0 Å². The van der Waals surface area contributed by atoms with Crippen LogP contribution in [-0.4, -0.2) is 12.8 Å². The summed E-state index contributed by atoms with van der Waals surface area (Å²) in [5.74, 6) is 0. The van der Waals surface area contributed by atoms with Crippen molar-refractivity contribution in [2.75, 3.05) is 7.05 Å². The molecule has 0 saturated heterocycles. The topological polar surface area (TPSA) is 12.4 Å². The van der Waals surface area contributed by atoms with Gasteiger partial charge >= 0.3 is 0 Å². The first-order valence-corrected chi connectivity index (χ1v) is 3.88. The summed E-state index contributed by atoms with van der Waals surface area (Å²) in [6.07, 6.45) is 3.85. The first-order valence-electron chi connectivity index (χ1n) is 3.88. The van der Waals surface area contributed by atoms with E-state index in [0.29, 0.717) is 0 Å². The van der Waals surface area contributed by atoms with Gasteiger partial charge in [0.1, 0.15) is 0 Å². The maximum absolute atomic E-state index is 4.18. The highest BCUT2D eigenvalue weighted by Gasteiger charge is 2.11. The van der Waals surface area contributed by atoms with E-state index in [1.54, 1.807) is 5.57 Å². The average molecular weight is 137 g/mol. The van der Waals surface area contributed by atoms with Gasteiger partial charge in [0.2, 0.25) is 0 Å². The summed E-state index contributed by atoms with van der Waals surface area (Å²) < 4.78 is 0. The molecule has 10 heavy (non-hydrogen) atoms. The zero-order valence-corrected chi connectivity index (χ0v) is 7.07. The van der Waals surface area contributed by atoms with Gasteiger partial charge in [-0.15, -0.1) is 0 Å². The second kappa shape index (κ2) is 3.00. The van der Waals surface area contributed by atoms with Gasteiger partial charge in [0.05, 0.1) is 0 Å². The molecule has 1 aliphatic rings. The van der Waals surface area contributed by atoms with Gasteiger partial charge in [0, 0.05) is 12.8 Å². The van der Waals surface area contributed by atoms with Gasteiger partial charge in [-0.25, -0.2) is 0 Å². The van der Waals surface area contributed by atoms with Crippen LogP contribution in [0.4, 0.5) is 0 Å². The average Bonchev–Trinajstić information content (AvgIpc) is 2.34. The van der Waals surface area contributed by atoms with Crippen molar-refractivity contribution < 1.29 is 0 Å². The van der Waals surface area contributed by atoms with Crippen molar-refractivity contribution in [3.8, 4) is 0 Å². The third-order valence-electron chi connectivity index (χ3n) is 2.27. The van der Waals surface area contributed by atoms with Gasteiger partial charge in [0.15, 0.2) is 0 Å². The van der Waals surface area contributed by atoms with Crippen molar-refractivity contribution in [2.24, 2.45) is 4.99 Å². The Balaban J connectivity index is 2.81. The van der Waals surface area contributed by atoms with Crippen LogP contribution in [0.5, 0.6) is 0 Å². The van der Waals surface area contributed by atoms with Crippen LogP contribution >= 0.6 is 0 Å². The molecule has 0 aliphatic heterocycles. The highest BCUT2D eigenvalue weighted by atomic mass is 14.7. The van der Waals surface area contributed by atoms with E-state index in [1.165, 1.54) is 30.5 Å². The first kappa shape index (κ1) is 7.52. The van der Waals surface area contributed by atoms with Gasteiger partial charge in [-0.2, -0.15) is 0 Å². The molecule has 0 N–H and O–H groups in total. The van der Waals surface area contributed by atoms with Crippen molar-refractivity contribution in [1.29, 1.82) is 0 Å². The summed E-state index contributed by atoms with van der Waals surface area (Å²) in [5, 5.41) is 0. The molecule has 1 nitrogen and oxygen atoms in total. The lowest BCUT2D eigenvalue weighted by atomic mass is 10.1. The van der Waals surface area contributed by atoms with Crippen molar-refractivity contribution in [3.05, 3.63) is 11.1 Å². The molecule has 0 saturated carbocycles. The van der Waals surface area contributed by atoms with Crippen LogP contribution in [0.2, 0.25) is 0 Å². The molecule has 0 heterocycles. The lowest BCUT2D eigenvalue weighted by molar-refractivity contribution is 0.901. The van der Waals surface area contributed by atoms with Crippen LogP contribution in [0, 0.1) is 0 Å². The predicted octanol–water partition coefficient (Wildman–Crippen LogP) is 2.58. The van der Waals surface area contributed by atoms with Crippen molar-refractivity contribution in [3.63, 3.8) is 0 Å². The number of hydrogen-bond acceptors (Lipinski definition) is 1. The van der Waals surface area contributed by atoms with E-state index < -0.39 is 0 Å². The van der Waals surface area contributed by atoms with Crippen molar-refractivity contribution in [1.82, 2.24) is 0 Å². The quantitative estimate of drug-likeness (QED) is 0.492. The van der Waals surface area contributed by atoms with Gasteiger partial charge in [-0.05, 0) is 38.7 Å².